The van der Waals surface area contributed by atoms with E-state index in [0.717, 1.165) is 48.6 Å². The highest BCUT2D eigenvalue weighted by Crippen LogP contribution is 2.17. The first-order valence-electron chi connectivity index (χ1n) is 6.59. The Hall–Kier alpha value is -1.13. The number of halogens is 1. The second-order valence-corrected chi connectivity index (χ2v) is 5.34. The maximum Gasteiger partial charge on any atom is 0.189 e. The number of unbranched alkanes of at least 4 members (excludes halogenated alkanes) is 1. The molecule has 1 heterocycles. The first-order chi connectivity index (χ1) is 9.20. The summed E-state index contributed by atoms with van der Waals surface area (Å²) in [5.74, 6) is 0. The van der Waals surface area contributed by atoms with Gasteiger partial charge in [-0.15, -0.1) is 0 Å². The molecule has 0 amide bonds. The van der Waals surface area contributed by atoms with Crippen molar-refractivity contribution < 1.29 is 0 Å². The summed E-state index contributed by atoms with van der Waals surface area (Å²) in [6, 6.07) is 7.79. The van der Waals surface area contributed by atoms with Crippen LogP contribution in [0.5, 0.6) is 0 Å². The maximum atomic E-state index is 6.00. The van der Waals surface area contributed by atoms with Gasteiger partial charge in [-0.05, 0) is 36.3 Å². The Labute approximate surface area is 124 Å². The van der Waals surface area contributed by atoms with Gasteiger partial charge in [-0.25, -0.2) is 5.01 Å². The topological polar surface area (TPSA) is 27.6 Å². The summed E-state index contributed by atoms with van der Waals surface area (Å²) < 4.78 is 0. The molecule has 0 aliphatic carbocycles. The Balaban J connectivity index is 1.98. The molecule has 0 saturated heterocycles. The molecule has 2 rings (SSSR count). The predicted octanol–water partition coefficient (Wildman–Crippen LogP) is 3.42. The van der Waals surface area contributed by atoms with Crippen LogP contribution in [0.3, 0.4) is 0 Å². The lowest BCUT2D eigenvalue weighted by Crippen LogP contribution is -2.35. The van der Waals surface area contributed by atoms with Crippen molar-refractivity contribution in [1.82, 2.24) is 10.3 Å². The minimum absolute atomic E-state index is 0.713. The molecule has 19 heavy (non-hydrogen) atoms. The summed E-state index contributed by atoms with van der Waals surface area (Å²) in [7, 11) is 0. The number of hydrogen-bond donors (Lipinski definition) is 1. The minimum atomic E-state index is 0.713. The summed E-state index contributed by atoms with van der Waals surface area (Å²) in [5, 5.41) is 11.1. The molecule has 5 heteroatoms. The Morgan fingerprint density at radius 1 is 1.53 bits per heavy atom. The zero-order valence-corrected chi connectivity index (χ0v) is 12.6. The van der Waals surface area contributed by atoms with Crippen LogP contribution >= 0.6 is 23.8 Å². The average Bonchev–Trinajstić information content (AvgIpc) is 2.88. The van der Waals surface area contributed by atoms with Crippen LogP contribution in [-0.4, -0.2) is 28.9 Å². The van der Waals surface area contributed by atoms with E-state index in [9.17, 15) is 0 Å². The monoisotopic (exact) mass is 295 g/mol. The van der Waals surface area contributed by atoms with Gasteiger partial charge in [0, 0.05) is 24.5 Å². The molecule has 1 aliphatic rings. The van der Waals surface area contributed by atoms with Gasteiger partial charge in [0.15, 0.2) is 5.11 Å². The van der Waals surface area contributed by atoms with Crippen LogP contribution in [0.15, 0.2) is 29.4 Å². The van der Waals surface area contributed by atoms with Crippen molar-refractivity contribution in [2.45, 2.75) is 26.2 Å². The summed E-state index contributed by atoms with van der Waals surface area (Å²) >= 11 is 11.3. The van der Waals surface area contributed by atoms with E-state index in [1.807, 2.05) is 29.3 Å². The fourth-order valence-electron chi connectivity index (χ4n) is 1.94. The largest absolute Gasteiger partial charge is 0.361 e. The SMILES string of the molecule is CCCCNC(=S)N1CCC(c2cccc(Cl)c2)=N1. The van der Waals surface area contributed by atoms with E-state index in [4.69, 9.17) is 23.8 Å². The maximum absolute atomic E-state index is 6.00. The van der Waals surface area contributed by atoms with E-state index in [1.54, 1.807) is 0 Å². The standard InChI is InChI=1S/C14H18ClN3S/c1-2-3-8-16-14(19)18-9-7-13(17-18)11-5-4-6-12(15)10-11/h4-6,10H,2-3,7-9H2,1H3,(H,16,19). The highest BCUT2D eigenvalue weighted by Gasteiger charge is 2.18. The number of hydrogen-bond acceptors (Lipinski definition) is 2. The van der Waals surface area contributed by atoms with Gasteiger partial charge in [-0.3, -0.25) is 0 Å². The third kappa shape index (κ3) is 3.91. The molecule has 1 aromatic carbocycles. The number of nitrogens with one attached hydrogen (secondary N) is 1. The third-order valence-electron chi connectivity index (χ3n) is 3.00. The Bertz CT molecular complexity index is 487. The van der Waals surface area contributed by atoms with Crippen LogP contribution < -0.4 is 5.32 Å². The Morgan fingerprint density at radius 2 is 2.37 bits per heavy atom. The van der Waals surface area contributed by atoms with E-state index in [-0.39, 0.29) is 0 Å². The van der Waals surface area contributed by atoms with Crippen LogP contribution in [0.1, 0.15) is 31.7 Å². The minimum Gasteiger partial charge on any atom is -0.361 e. The fraction of sp³-hybridized carbons (Fsp3) is 0.429. The quantitative estimate of drug-likeness (QED) is 0.681. The molecule has 0 atom stereocenters. The lowest BCUT2D eigenvalue weighted by atomic mass is 10.1. The lowest BCUT2D eigenvalue weighted by Gasteiger charge is -2.15. The lowest BCUT2D eigenvalue weighted by molar-refractivity contribution is 0.478. The molecule has 3 nitrogen and oxygen atoms in total. The van der Waals surface area contributed by atoms with Crippen LogP contribution in [0.2, 0.25) is 5.02 Å². The predicted molar refractivity (Wildman–Crippen MR) is 84.8 cm³/mol. The number of benzene rings is 1. The van der Waals surface area contributed by atoms with E-state index in [0.29, 0.717) is 5.11 Å². The van der Waals surface area contributed by atoms with Gasteiger partial charge in [0.1, 0.15) is 0 Å². The molecule has 0 saturated carbocycles. The molecule has 1 aliphatic heterocycles. The molecule has 102 valence electrons. The van der Waals surface area contributed by atoms with Crippen LogP contribution in [0.25, 0.3) is 0 Å². The van der Waals surface area contributed by atoms with Crippen molar-refractivity contribution in [3.8, 4) is 0 Å². The highest BCUT2D eigenvalue weighted by atomic mass is 35.5. The van der Waals surface area contributed by atoms with Crippen molar-refractivity contribution in [2.24, 2.45) is 5.10 Å². The van der Waals surface area contributed by atoms with Crippen molar-refractivity contribution in [3.05, 3.63) is 34.9 Å². The van der Waals surface area contributed by atoms with E-state index in [2.05, 4.69) is 17.3 Å². The van der Waals surface area contributed by atoms with Gasteiger partial charge < -0.3 is 5.32 Å². The first-order valence-corrected chi connectivity index (χ1v) is 7.38. The van der Waals surface area contributed by atoms with Gasteiger partial charge in [0.25, 0.3) is 0 Å². The molecule has 1 N–H and O–H groups in total. The van der Waals surface area contributed by atoms with Gasteiger partial charge in [0.2, 0.25) is 0 Å². The van der Waals surface area contributed by atoms with Crippen LogP contribution in [0.4, 0.5) is 0 Å². The smallest absolute Gasteiger partial charge is 0.189 e. The van der Waals surface area contributed by atoms with Gasteiger partial charge >= 0.3 is 0 Å². The van der Waals surface area contributed by atoms with Crippen molar-refractivity contribution in [3.63, 3.8) is 0 Å². The normalized spacial score (nSPS) is 14.4. The van der Waals surface area contributed by atoms with Crippen molar-refractivity contribution in [2.75, 3.05) is 13.1 Å². The molecule has 0 fully saturated rings. The van der Waals surface area contributed by atoms with Crippen LogP contribution in [0, 0.1) is 0 Å². The molecular formula is C14H18ClN3S. The highest BCUT2D eigenvalue weighted by molar-refractivity contribution is 7.80. The molecule has 0 unspecified atom stereocenters. The number of hydrazone groups is 1. The van der Waals surface area contributed by atoms with Crippen LogP contribution in [-0.2, 0) is 0 Å². The molecule has 1 aromatic rings. The molecule has 0 aromatic heterocycles. The first kappa shape index (κ1) is 14.3. The van der Waals surface area contributed by atoms with E-state index < -0.39 is 0 Å². The zero-order chi connectivity index (χ0) is 13.7. The molecule has 0 spiro atoms. The van der Waals surface area contributed by atoms with E-state index >= 15 is 0 Å². The third-order valence-corrected chi connectivity index (χ3v) is 3.59. The number of rotatable bonds is 4. The fourth-order valence-corrected chi connectivity index (χ4v) is 2.36. The Morgan fingerprint density at radius 3 is 3.11 bits per heavy atom. The van der Waals surface area contributed by atoms with Gasteiger partial charge in [0.05, 0.1) is 5.71 Å². The summed E-state index contributed by atoms with van der Waals surface area (Å²) in [6.45, 7) is 3.91. The van der Waals surface area contributed by atoms with Gasteiger partial charge in [-0.2, -0.15) is 5.10 Å². The molecular weight excluding hydrogens is 278 g/mol. The molecule has 0 radical (unpaired) electrons. The summed E-state index contributed by atoms with van der Waals surface area (Å²) in [5.41, 5.74) is 2.12. The summed E-state index contributed by atoms with van der Waals surface area (Å²) in [6.07, 6.45) is 3.18. The zero-order valence-electron chi connectivity index (χ0n) is 11.0. The average molecular weight is 296 g/mol. The van der Waals surface area contributed by atoms with Gasteiger partial charge in [-0.1, -0.05) is 37.1 Å². The van der Waals surface area contributed by atoms with E-state index in [1.165, 1.54) is 0 Å². The number of nitrogens with zero attached hydrogens (tertiary/aromatic N) is 2. The molecule has 0 bridgehead atoms. The summed E-state index contributed by atoms with van der Waals surface area (Å²) in [4.78, 5) is 0. The van der Waals surface area contributed by atoms with Crippen molar-refractivity contribution in [1.29, 1.82) is 0 Å². The number of thiocarbonyl (C=S) groups is 1. The van der Waals surface area contributed by atoms with Crippen molar-refractivity contribution >= 4 is 34.6 Å². The second-order valence-electron chi connectivity index (χ2n) is 4.52. The Kier molecular flexibility index (Phi) is 5.16. The second kappa shape index (κ2) is 6.87.